The molecule has 0 aromatic heterocycles. The van der Waals surface area contributed by atoms with Crippen LogP contribution in [-0.4, -0.2) is 19.4 Å². The SMILES string of the molecule is CNCC(=O)c1cc(C)cc(F)c1Br. The van der Waals surface area contributed by atoms with Gasteiger partial charge in [0.05, 0.1) is 11.0 Å². The van der Waals surface area contributed by atoms with Crippen LogP contribution in [0.3, 0.4) is 0 Å². The Balaban J connectivity index is 3.13. The van der Waals surface area contributed by atoms with Crippen LogP contribution in [0.4, 0.5) is 4.39 Å². The summed E-state index contributed by atoms with van der Waals surface area (Å²) in [4.78, 5) is 11.5. The predicted octanol–water partition coefficient (Wildman–Crippen LogP) is 2.30. The molecule has 14 heavy (non-hydrogen) atoms. The van der Waals surface area contributed by atoms with Gasteiger partial charge < -0.3 is 5.32 Å². The van der Waals surface area contributed by atoms with Crippen molar-refractivity contribution in [2.75, 3.05) is 13.6 Å². The molecule has 0 saturated heterocycles. The Morgan fingerprint density at radius 2 is 2.21 bits per heavy atom. The number of Topliss-reactive ketones (excluding diaryl/α,β-unsaturated/α-hetero) is 1. The lowest BCUT2D eigenvalue weighted by atomic mass is 10.1. The van der Waals surface area contributed by atoms with E-state index in [9.17, 15) is 9.18 Å². The number of hydrogen-bond donors (Lipinski definition) is 1. The number of likely N-dealkylation sites (N-methyl/N-ethyl adjacent to an activating group) is 1. The number of ketones is 1. The molecule has 1 rings (SSSR count). The second kappa shape index (κ2) is 4.66. The van der Waals surface area contributed by atoms with Crippen molar-refractivity contribution >= 4 is 21.7 Å². The van der Waals surface area contributed by atoms with Crippen LogP contribution in [0, 0.1) is 12.7 Å². The summed E-state index contributed by atoms with van der Waals surface area (Å²) in [7, 11) is 1.68. The Morgan fingerprint density at radius 3 is 2.79 bits per heavy atom. The molecule has 76 valence electrons. The van der Waals surface area contributed by atoms with E-state index in [0.29, 0.717) is 5.56 Å². The third-order valence-electron chi connectivity index (χ3n) is 1.81. The predicted molar refractivity (Wildman–Crippen MR) is 57.1 cm³/mol. The van der Waals surface area contributed by atoms with Crippen LogP contribution in [0.15, 0.2) is 16.6 Å². The minimum absolute atomic E-state index is 0.123. The molecule has 0 heterocycles. The third kappa shape index (κ3) is 2.39. The van der Waals surface area contributed by atoms with E-state index in [0.717, 1.165) is 5.56 Å². The van der Waals surface area contributed by atoms with Gasteiger partial charge in [0.15, 0.2) is 5.78 Å². The number of carbonyl (C=O) groups excluding carboxylic acids is 1. The maximum atomic E-state index is 13.2. The molecule has 0 aliphatic heterocycles. The fourth-order valence-electron chi connectivity index (χ4n) is 1.18. The van der Waals surface area contributed by atoms with Gasteiger partial charge in [-0.2, -0.15) is 0 Å². The number of hydrogen-bond acceptors (Lipinski definition) is 2. The molecular weight excluding hydrogens is 249 g/mol. The fourth-order valence-corrected chi connectivity index (χ4v) is 1.63. The molecule has 0 atom stereocenters. The molecule has 0 unspecified atom stereocenters. The van der Waals surface area contributed by atoms with Gasteiger partial charge in [-0.3, -0.25) is 4.79 Å². The zero-order valence-electron chi connectivity index (χ0n) is 8.03. The molecule has 1 aromatic rings. The van der Waals surface area contributed by atoms with Crippen molar-refractivity contribution in [2.24, 2.45) is 0 Å². The summed E-state index contributed by atoms with van der Waals surface area (Å²) in [6, 6.07) is 3.06. The lowest BCUT2D eigenvalue weighted by molar-refractivity contribution is 0.0992. The van der Waals surface area contributed by atoms with Gasteiger partial charge in [-0.1, -0.05) is 0 Å². The first-order chi connectivity index (χ1) is 6.56. The van der Waals surface area contributed by atoms with Crippen LogP contribution in [-0.2, 0) is 0 Å². The summed E-state index contributed by atoms with van der Waals surface area (Å²) in [6.07, 6.45) is 0. The van der Waals surface area contributed by atoms with Gasteiger partial charge in [0, 0.05) is 5.56 Å². The average Bonchev–Trinajstić information content (AvgIpc) is 2.11. The summed E-state index contributed by atoms with van der Waals surface area (Å²) < 4.78 is 13.5. The number of rotatable bonds is 3. The van der Waals surface area contributed by atoms with Crippen LogP contribution < -0.4 is 5.32 Å². The van der Waals surface area contributed by atoms with E-state index in [1.54, 1.807) is 20.0 Å². The number of nitrogens with one attached hydrogen (secondary N) is 1. The smallest absolute Gasteiger partial charge is 0.177 e. The molecule has 0 aliphatic carbocycles. The first-order valence-corrected chi connectivity index (χ1v) is 4.99. The molecule has 0 bridgehead atoms. The highest BCUT2D eigenvalue weighted by atomic mass is 79.9. The maximum Gasteiger partial charge on any atom is 0.177 e. The van der Waals surface area contributed by atoms with Crippen LogP contribution in [0.5, 0.6) is 0 Å². The van der Waals surface area contributed by atoms with Crippen molar-refractivity contribution in [2.45, 2.75) is 6.92 Å². The van der Waals surface area contributed by atoms with Gasteiger partial charge in [0.2, 0.25) is 0 Å². The highest BCUT2D eigenvalue weighted by molar-refractivity contribution is 9.10. The first-order valence-electron chi connectivity index (χ1n) is 4.19. The van der Waals surface area contributed by atoms with Gasteiger partial charge in [-0.05, 0) is 47.6 Å². The number of halogens is 2. The Kier molecular flexibility index (Phi) is 3.77. The van der Waals surface area contributed by atoms with E-state index < -0.39 is 5.82 Å². The second-order valence-corrected chi connectivity index (χ2v) is 3.85. The van der Waals surface area contributed by atoms with Crippen LogP contribution in [0.1, 0.15) is 15.9 Å². The van der Waals surface area contributed by atoms with Crippen molar-refractivity contribution in [1.29, 1.82) is 0 Å². The normalized spacial score (nSPS) is 10.3. The van der Waals surface area contributed by atoms with Gasteiger partial charge in [0.1, 0.15) is 5.82 Å². The summed E-state index contributed by atoms with van der Waals surface area (Å²) in [5.41, 5.74) is 1.13. The Morgan fingerprint density at radius 1 is 1.57 bits per heavy atom. The zero-order valence-corrected chi connectivity index (χ0v) is 9.61. The Bertz CT molecular complexity index is 365. The Hall–Kier alpha value is -0.740. The lowest BCUT2D eigenvalue weighted by Gasteiger charge is -2.05. The van der Waals surface area contributed by atoms with Crippen molar-refractivity contribution in [3.05, 3.63) is 33.5 Å². The Labute approximate surface area is 90.6 Å². The van der Waals surface area contributed by atoms with E-state index in [2.05, 4.69) is 21.2 Å². The number of carbonyl (C=O) groups is 1. The van der Waals surface area contributed by atoms with Gasteiger partial charge >= 0.3 is 0 Å². The minimum Gasteiger partial charge on any atom is -0.313 e. The summed E-state index contributed by atoms with van der Waals surface area (Å²) >= 11 is 3.06. The molecular formula is C10H11BrFNO. The third-order valence-corrected chi connectivity index (χ3v) is 2.62. The molecule has 0 amide bonds. The summed E-state index contributed by atoms with van der Waals surface area (Å²) in [6.45, 7) is 1.97. The average molecular weight is 260 g/mol. The maximum absolute atomic E-state index is 13.2. The number of benzene rings is 1. The highest BCUT2D eigenvalue weighted by Gasteiger charge is 2.13. The molecule has 1 aromatic carbocycles. The lowest BCUT2D eigenvalue weighted by Crippen LogP contribution is -2.19. The van der Waals surface area contributed by atoms with E-state index in [-0.39, 0.29) is 16.8 Å². The molecule has 0 spiro atoms. The van der Waals surface area contributed by atoms with E-state index in [1.807, 2.05) is 0 Å². The van der Waals surface area contributed by atoms with Gasteiger partial charge in [0.25, 0.3) is 0 Å². The molecule has 0 radical (unpaired) electrons. The van der Waals surface area contributed by atoms with E-state index in [4.69, 9.17) is 0 Å². The van der Waals surface area contributed by atoms with Crippen molar-refractivity contribution < 1.29 is 9.18 Å². The van der Waals surface area contributed by atoms with Gasteiger partial charge in [-0.15, -0.1) is 0 Å². The first kappa shape index (κ1) is 11.3. The molecule has 0 fully saturated rings. The summed E-state index contributed by atoms with van der Waals surface area (Å²) in [5.74, 6) is -0.522. The van der Waals surface area contributed by atoms with E-state index >= 15 is 0 Å². The highest BCUT2D eigenvalue weighted by Crippen LogP contribution is 2.22. The van der Waals surface area contributed by atoms with Crippen LogP contribution in [0.25, 0.3) is 0 Å². The molecule has 0 aliphatic rings. The topological polar surface area (TPSA) is 29.1 Å². The van der Waals surface area contributed by atoms with Crippen molar-refractivity contribution in [3.63, 3.8) is 0 Å². The standard InChI is InChI=1S/C10H11BrFNO/c1-6-3-7(9(14)5-13-2)10(11)8(12)4-6/h3-4,13H,5H2,1-2H3. The zero-order chi connectivity index (χ0) is 10.7. The molecule has 2 nitrogen and oxygen atoms in total. The van der Waals surface area contributed by atoms with Gasteiger partial charge in [-0.25, -0.2) is 4.39 Å². The van der Waals surface area contributed by atoms with Crippen LogP contribution in [0.2, 0.25) is 0 Å². The van der Waals surface area contributed by atoms with Crippen LogP contribution >= 0.6 is 15.9 Å². The molecule has 0 saturated carbocycles. The summed E-state index contributed by atoms with van der Waals surface area (Å²) in [5, 5.41) is 2.74. The molecule has 4 heteroatoms. The largest absolute Gasteiger partial charge is 0.313 e. The number of aryl methyl sites for hydroxylation is 1. The van der Waals surface area contributed by atoms with Crippen molar-refractivity contribution in [1.82, 2.24) is 5.32 Å². The fraction of sp³-hybridized carbons (Fsp3) is 0.300. The molecule has 1 N–H and O–H groups in total. The second-order valence-electron chi connectivity index (χ2n) is 3.06. The minimum atomic E-state index is -0.399. The van der Waals surface area contributed by atoms with Crippen molar-refractivity contribution in [3.8, 4) is 0 Å². The quantitative estimate of drug-likeness (QED) is 0.845. The monoisotopic (exact) mass is 259 g/mol. The van der Waals surface area contributed by atoms with E-state index in [1.165, 1.54) is 6.07 Å².